The predicted molar refractivity (Wildman–Crippen MR) is 71.4 cm³/mol. The number of hydrogen-bond donors (Lipinski definition) is 1. The number of carbonyl (C=O) groups excluding carboxylic acids is 1. The first-order valence-corrected chi connectivity index (χ1v) is 6.86. The van der Waals surface area contributed by atoms with Crippen LogP contribution in [0.5, 0.6) is 0 Å². The summed E-state index contributed by atoms with van der Waals surface area (Å²) in [7, 11) is 1.92. The van der Waals surface area contributed by atoms with E-state index in [0.29, 0.717) is 12.5 Å². The molecule has 1 aromatic rings. The van der Waals surface area contributed by atoms with Gasteiger partial charge in [-0.3, -0.25) is 9.48 Å². The Labute approximate surface area is 109 Å². The van der Waals surface area contributed by atoms with E-state index in [9.17, 15) is 4.79 Å². The number of nitrogens with one attached hydrogen (secondary N) is 1. The molecular formula is C14H23N3O. The molecule has 1 aromatic heterocycles. The van der Waals surface area contributed by atoms with Gasteiger partial charge in [0.25, 0.3) is 0 Å². The number of aromatic nitrogens is 2. The van der Waals surface area contributed by atoms with Gasteiger partial charge in [0.05, 0.1) is 12.1 Å². The molecule has 100 valence electrons. The average molecular weight is 249 g/mol. The number of carbonyl (C=O) groups is 1. The molecule has 0 saturated heterocycles. The largest absolute Gasteiger partial charge is 0.353 e. The molecule has 1 heterocycles. The van der Waals surface area contributed by atoms with E-state index in [1.165, 1.54) is 19.3 Å². The van der Waals surface area contributed by atoms with Crippen LogP contribution in [-0.2, 0) is 18.3 Å². The summed E-state index contributed by atoms with van der Waals surface area (Å²) in [6, 6.07) is 0.392. The molecule has 1 saturated carbocycles. The van der Waals surface area contributed by atoms with Crippen LogP contribution in [0.25, 0.3) is 0 Å². The molecule has 0 unspecified atom stereocenters. The van der Waals surface area contributed by atoms with Crippen LogP contribution in [0.3, 0.4) is 0 Å². The Kier molecular flexibility index (Phi) is 4.04. The number of amides is 1. The molecule has 18 heavy (non-hydrogen) atoms. The molecule has 1 amide bonds. The summed E-state index contributed by atoms with van der Waals surface area (Å²) in [5.74, 6) is 0.140. The third-order valence-corrected chi connectivity index (χ3v) is 3.97. The molecule has 1 fully saturated rings. The van der Waals surface area contributed by atoms with Crippen molar-refractivity contribution in [1.82, 2.24) is 15.1 Å². The maximum atomic E-state index is 12.0. The molecule has 1 aliphatic carbocycles. The lowest BCUT2D eigenvalue weighted by atomic mass is 9.95. The maximum absolute atomic E-state index is 12.0. The molecule has 0 bridgehead atoms. The second-order valence-electron chi connectivity index (χ2n) is 5.35. The highest BCUT2D eigenvalue weighted by molar-refractivity contribution is 5.79. The molecule has 1 N–H and O–H groups in total. The molecular weight excluding hydrogens is 226 g/mol. The Hall–Kier alpha value is -1.32. The quantitative estimate of drug-likeness (QED) is 0.891. The fourth-order valence-electron chi connectivity index (χ4n) is 2.76. The molecule has 4 nitrogen and oxygen atoms in total. The highest BCUT2D eigenvalue weighted by Gasteiger charge is 2.18. The van der Waals surface area contributed by atoms with E-state index in [-0.39, 0.29) is 5.91 Å². The first kappa shape index (κ1) is 13.1. The van der Waals surface area contributed by atoms with Crippen molar-refractivity contribution in [2.24, 2.45) is 7.05 Å². The van der Waals surface area contributed by atoms with E-state index in [1.807, 2.05) is 25.6 Å². The fourth-order valence-corrected chi connectivity index (χ4v) is 2.76. The van der Waals surface area contributed by atoms with E-state index in [1.54, 1.807) is 0 Å². The lowest BCUT2D eigenvalue weighted by Gasteiger charge is -2.22. The first-order valence-electron chi connectivity index (χ1n) is 6.86. The Balaban J connectivity index is 1.94. The zero-order chi connectivity index (χ0) is 13.1. The van der Waals surface area contributed by atoms with Gasteiger partial charge in [-0.05, 0) is 26.7 Å². The summed E-state index contributed by atoms with van der Waals surface area (Å²) in [4.78, 5) is 12.0. The van der Waals surface area contributed by atoms with Crippen LogP contribution in [-0.4, -0.2) is 21.7 Å². The summed E-state index contributed by atoms with van der Waals surface area (Å²) >= 11 is 0. The van der Waals surface area contributed by atoms with Gasteiger partial charge in [-0.1, -0.05) is 19.3 Å². The van der Waals surface area contributed by atoms with Crippen LogP contribution in [0.4, 0.5) is 0 Å². The fraction of sp³-hybridized carbons (Fsp3) is 0.714. The zero-order valence-corrected chi connectivity index (χ0v) is 11.6. The van der Waals surface area contributed by atoms with Crippen molar-refractivity contribution in [1.29, 1.82) is 0 Å². The molecule has 4 heteroatoms. The molecule has 0 aromatic carbocycles. The molecule has 2 rings (SSSR count). The van der Waals surface area contributed by atoms with Crippen molar-refractivity contribution in [3.8, 4) is 0 Å². The SMILES string of the molecule is Cc1nn(C)c(C)c1CC(=O)NC1CCCCC1. The first-order chi connectivity index (χ1) is 8.58. The van der Waals surface area contributed by atoms with Gasteiger partial charge >= 0.3 is 0 Å². The Bertz CT molecular complexity index is 430. The van der Waals surface area contributed by atoms with Crippen molar-refractivity contribution in [2.45, 2.75) is 58.4 Å². The summed E-state index contributed by atoms with van der Waals surface area (Å²) in [6.07, 6.45) is 6.54. The highest BCUT2D eigenvalue weighted by atomic mass is 16.1. The topological polar surface area (TPSA) is 46.9 Å². The Morgan fingerprint density at radius 1 is 1.33 bits per heavy atom. The third-order valence-electron chi connectivity index (χ3n) is 3.97. The highest BCUT2D eigenvalue weighted by Crippen LogP contribution is 2.18. The summed E-state index contributed by atoms with van der Waals surface area (Å²) in [5.41, 5.74) is 3.13. The number of hydrogen-bond acceptors (Lipinski definition) is 2. The van der Waals surface area contributed by atoms with Crippen molar-refractivity contribution in [3.05, 3.63) is 17.0 Å². The van der Waals surface area contributed by atoms with Crippen LogP contribution in [0.2, 0.25) is 0 Å². The van der Waals surface area contributed by atoms with Crippen LogP contribution >= 0.6 is 0 Å². The molecule has 0 spiro atoms. The van der Waals surface area contributed by atoms with Gasteiger partial charge in [0.2, 0.25) is 5.91 Å². The molecule has 1 aliphatic rings. The van der Waals surface area contributed by atoms with Crippen LogP contribution in [0, 0.1) is 13.8 Å². The van der Waals surface area contributed by atoms with E-state index in [2.05, 4.69) is 10.4 Å². The number of aryl methyl sites for hydroxylation is 2. The van der Waals surface area contributed by atoms with Crippen molar-refractivity contribution < 1.29 is 4.79 Å². The monoisotopic (exact) mass is 249 g/mol. The zero-order valence-electron chi connectivity index (χ0n) is 11.6. The summed E-state index contributed by atoms with van der Waals surface area (Å²) in [6.45, 7) is 3.99. The Morgan fingerprint density at radius 2 is 2.00 bits per heavy atom. The standard InChI is InChI=1S/C14H23N3O/c1-10-13(11(2)17(3)16-10)9-14(18)15-12-7-5-4-6-8-12/h12H,4-9H2,1-3H3,(H,15,18). The van der Waals surface area contributed by atoms with Crippen molar-refractivity contribution >= 4 is 5.91 Å². The van der Waals surface area contributed by atoms with Crippen LogP contribution in [0.1, 0.15) is 49.1 Å². The summed E-state index contributed by atoms with van der Waals surface area (Å²) < 4.78 is 1.85. The van der Waals surface area contributed by atoms with Gasteiger partial charge in [0, 0.05) is 24.3 Å². The van der Waals surface area contributed by atoms with Crippen molar-refractivity contribution in [3.63, 3.8) is 0 Å². The summed E-state index contributed by atoms with van der Waals surface area (Å²) in [5, 5.41) is 7.50. The van der Waals surface area contributed by atoms with Gasteiger partial charge in [0.15, 0.2) is 0 Å². The van der Waals surface area contributed by atoms with Gasteiger partial charge < -0.3 is 5.32 Å². The van der Waals surface area contributed by atoms with Crippen LogP contribution < -0.4 is 5.32 Å². The average Bonchev–Trinajstić information content (AvgIpc) is 2.57. The van der Waals surface area contributed by atoms with Gasteiger partial charge in [0.1, 0.15) is 0 Å². The van der Waals surface area contributed by atoms with E-state index >= 15 is 0 Å². The normalized spacial score (nSPS) is 16.8. The lowest BCUT2D eigenvalue weighted by Crippen LogP contribution is -2.37. The minimum absolute atomic E-state index is 0.140. The second kappa shape index (κ2) is 5.55. The maximum Gasteiger partial charge on any atom is 0.224 e. The smallest absolute Gasteiger partial charge is 0.224 e. The second-order valence-corrected chi connectivity index (χ2v) is 5.35. The Morgan fingerprint density at radius 3 is 2.56 bits per heavy atom. The van der Waals surface area contributed by atoms with Gasteiger partial charge in [-0.25, -0.2) is 0 Å². The minimum atomic E-state index is 0.140. The molecule has 0 atom stereocenters. The number of rotatable bonds is 3. The van der Waals surface area contributed by atoms with Crippen LogP contribution in [0.15, 0.2) is 0 Å². The van der Waals surface area contributed by atoms with Gasteiger partial charge in [-0.15, -0.1) is 0 Å². The predicted octanol–water partition coefficient (Wildman–Crippen LogP) is 2.03. The van der Waals surface area contributed by atoms with Gasteiger partial charge in [-0.2, -0.15) is 5.10 Å². The van der Waals surface area contributed by atoms with E-state index in [0.717, 1.165) is 29.8 Å². The molecule has 0 aliphatic heterocycles. The van der Waals surface area contributed by atoms with Crippen molar-refractivity contribution in [2.75, 3.05) is 0 Å². The third kappa shape index (κ3) is 2.92. The number of nitrogens with zero attached hydrogens (tertiary/aromatic N) is 2. The lowest BCUT2D eigenvalue weighted by molar-refractivity contribution is -0.121. The van der Waals surface area contributed by atoms with E-state index in [4.69, 9.17) is 0 Å². The minimum Gasteiger partial charge on any atom is -0.353 e. The molecule has 0 radical (unpaired) electrons. The van der Waals surface area contributed by atoms with E-state index < -0.39 is 0 Å².